The van der Waals surface area contributed by atoms with E-state index in [2.05, 4.69) is 15.3 Å². The second-order valence-electron chi connectivity index (χ2n) is 11.1. The van der Waals surface area contributed by atoms with Crippen molar-refractivity contribution in [2.45, 2.75) is 65.2 Å². The summed E-state index contributed by atoms with van der Waals surface area (Å²) in [5, 5.41) is 12.5. The number of hydrogen-bond acceptors (Lipinski definition) is 9. The molecule has 12 nitrogen and oxygen atoms in total. The van der Waals surface area contributed by atoms with E-state index < -0.39 is 35.7 Å². The van der Waals surface area contributed by atoms with Crippen molar-refractivity contribution in [2.75, 3.05) is 32.8 Å². The van der Waals surface area contributed by atoms with Crippen molar-refractivity contribution in [3.05, 3.63) is 53.9 Å². The van der Waals surface area contributed by atoms with E-state index in [0.717, 1.165) is 0 Å². The summed E-state index contributed by atoms with van der Waals surface area (Å²) in [5.41, 5.74) is 0.391. The number of carbonyl (C=O) groups excluding carboxylic acids is 4. The highest BCUT2D eigenvalue weighted by Crippen LogP contribution is 2.18. The molecular weight excluding hydrogens is 554 g/mol. The van der Waals surface area contributed by atoms with Crippen LogP contribution in [0.5, 0.6) is 0 Å². The van der Waals surface area contributed by atoms with Gasteiger partial charge >= 0.3 is 12.1 Å². The summed E-state index contributed by atoms with van der Waals surface area (Å²) in [6, 6.07) is 9.52. The molecule has 0 saturated carbocycles. The van der Waals surface area contributed by atoms with Crippen molar-refractivity contribution in [1.82, 2.24) is 25.1 Å². The van der Waals surface area contributed by atoms with Gasteiger partial charge in [0.2, 0.25) is 5.91 Å². The zero-order valence-corrected chi connectivity index (χ0v) is 25.4. The normalized spacial score (nSPS) is 15.1. The lowest BCUT2D eigenvalue weighted by Crippen LogP contribution is -2.56. The van der Waals surface area contributed by atoms with Crippen LogP contribution in [0.25, 0.3) is 17.5 Å². The molecule has 2 N–H and O–H groups in total. The largest absolute Gasteiger partial charge is 0.460 e. The van der Waals surface area contributed by atoms with Gasteiger partial charge in [0.15, 0.2) is 5.82 Å². The summed E-state index contributed by atoms with van der Waals surface area (Å²) in [6.07, 6.45) is 1.85. The molecule has 1 aromatic heterocycles. The summed E-state index contributed by atoms with van der Waals surface area (Å²) in [5.74, 6) is -1.21. The maximum atomic E-state index is 13.7. The minimum Gasteiger partial charge on any atom is -0.460 e. The summed E-state index contributed by atoms with van der Waals surface area (Å²) < 4.78 is 10.5. The van der Waals surface area contributed by atoms with Crippen LogP contribution >= 0.6 is 0 Å². The molecule has 0 spiro atoms. The first-order valence-corrected chi connectivity index (χ1v) is 14.4. The van der Waals surface area contributed by atoms with Crippen LogP contribution in [0.1, 0.15) is 63.6 Å². The van der Waals surface area contributed by atoms with E-state index in [1.807, 2.05) is 30.3 Å². The number of hydrogen-bond donors (Lipinski definition) is 2. The number of amides is 3. The van der Waals surface area contributed by atoms with Gasteiger partial charge in [0.1, 0.15) is 17.3 Å². The second kappa shape index (κ2) is 15.2. The van der Waals surface area contributed by atoms with Crippen LogP contribution in [0.2, 0.25) is 0 Å². The third kappa shape index (κ3) is 10.5. The number of nitrogens with one attached hydrogen (secondary N) is 1. The molecular formula is C31H41N5O7. The number of benzene rings is 1. The lowest BCUT2D eigenvalue weighted by Gasteiger charge is -2.36. The molecule has 0 bridgehead atoms. The number of aromatic nitrogens is 2. The van der Waals surface area contributed by atoms with Crippen molar-refractivity contribution in [2.24, 2.45) is 0 Å². The Kier molecular flexibility index (Phi) is 11.8. The van der Waals surface area contributed by atoms with Gasteiger partial charge in [-0.1, -0.05) is 36.4 Å². The van der Waals surface area contributed by atoms with Crippen molar-refractivity contribution >= 4 is 30.0 Å². The smallest absolute Gasteiger partial charge is 0.409 e. The number of carbonyl (C=O) groups is 4. The molecule has 0 radical (unpaired) electrons. The first-order valence-electron chi connectivity index (χ1n) is 14.4. The van der Waals surface area contributed by atoms with Crippen molar-refractivity contribution in [3.63, 3.8) is 0 Å². The number of nitrogens with zero attached hydrogens (tertiary/aromatic N) is 4. The molecule has 1 unspecified atom stereocenters. The Morgan fingerprint density at radius 3 is 2.30 bits per heavy atom. The lowest BCUT2D eigenvalue weighted by molar-refractivity contribution is -0.155. The van der Waals surface area contributed by atoms with Gasteiger partial charge in [-0.05, 0) is 53.2 Å². The standard InChI is InChI=1S/C31H41N5O7/c1-6-42-30(41)36-18-16-35(17-19-36)29(40)24(14-15-26(38)43-31(3,4)5)34-28(39)25-20-23(13-12-21(2)37)32-27(33-25)22-10-8-7-9-11-22/h7-13,20-21,24,37H,6,14-19H2,1-5H3,(H,34,39)/b13-12-/t21?,24-/m0/s1. The number of rotatable bonds is 10. The SMILES string of the molecule is CCOC(=O)N1CCN(C(=O)[C@H](CCC(=O)OC(C)(C)C)NC(=O)c2cc(/C=C\C(C)O)nc(-c3ccccc3)n2)CC1. The molecule has 1 aromatic carbocycles. The van der Waals surface area contributed by atoms with Crippen LogP contribution in [-0.4, -0.2) is 99.3 Å². The number of piperazine rings is 1. The van der Waals surface area contributed by atoms with E-state index >= 15 is 0 Å². The quantitative estimate of drug-likeness (QED) is 0.395. The average molecular weight is 596 g/mol. The molecule has 232 valence electrons. The Morgan fingerprint density at radius 1 is 1.05 bits per heavy atom. The zero-order valence-electron chi connectivity index (χ0n) is 25.4. The van der Waals surface area contributed by atoms with Crippen molar-refractivity contribution in [3.8, 4) is 11.4 Å². The van der Waals surface area contributed by atoms with E-state index in [-0.39, 0.29) is 57.2 Å². The lowest BCUT2D eigenvalue weighted by atomic mass is 10.1. The maximum Gasteiger partial charge on any atom is 0.409 e. The first kappa shape index (κ1) is 33.2. The molecule has 2 aromatic rings. The van der Waals surface area contributed by atoms with E-state index in [1.165, 1.54) is 17.0 Å². The Hall–Kier alpha value is -4.32. The molecule has 1 aliphatic rings. The Morgan fingerprint density at radius 2 is 1.70 bits per heavy atom. The molecule has 3 rings (SSSR count). The van der Waals surface area contributed by atoms with Crippen LogP contribution in [-0.2, 0) is 19.1 Å². The monoisotopic (exact) mass is 595 g/mol. The highest BCUT2D eigenvalue weighted by molar-refractivity contribution is 5.97. The molecule has 2 atom stereocenters. The predicted octanol–water partition coefficient (Wildman–Crippen LogP) is 3.06. The fourth-order valence-electron chi connectivity index (χ4n) is 4.31. The molecule has 1 fully saturated rings. The van der Waals surface area contributed by atoms with Crippen LogP contribution in [0.4, 0.5) is 4.79 Å². The zero-order chi connectivity index (χ0) is 31.6. The van der Waals surface area contributed by atoms with Gasteiger partial charge < -0.3 is 29.7 Å². The summed E-state index contributed by atoms with van der Waals surface area (Å²) in [6.45, 7) is 9.88. The van der Waals surface area contributed by atoms with Crippen LogP contribution in [0, 0.1) is 0 Å². The number of esters is 1. The Balaban J connectivity index is 1.85. The molecule has 0 aliphatic carbocycles. The van der Waals surface area contributed by atoms with Crippen LogP contribution in [0.15, 0.2) is 42.5 Å². The van der Waals surface area contributed by atoms with Gasteiger partial charge in [-0.2, -0.15) is 0 Å². The Bertz CT molecular complexity index is 1300. The highest BCUT2D eigenvalue weighted by Gasteiger charge is 2.32. The van der Waals surface area contributed by atoms with Crippen molar-refractivity contribution < 1.29 is 33.8 Å². The van der Waals surface area contributed by atoms with Gasteiger partial charge in [-0.15, -0.1) is 0 Å². The predicted molar refractivity (Wildman–Crippen MR) is 160 cm³/mol. The maximum absolute atomic E-state index is 13.7. The number of aliphatic hydroxyl groups is 1. The number of aliphatic hydroxyl groups excluding tert-OH is 1. The highest BCUT2D eigenvalue weighted by atomic mass is 16.6. The molecule has 12 heteroatoms. The topological polar surface area (TPSA) is 151 Å². The van der Waals surface area contributed by atoms with Gasteiger partial charge in [0.25, 0.3) is 5.91 Å². The number of ether oxygens (including phenoxy) is 2. The van der Waals surface area contributed by atoms with Crippen LogP contribution < -0.4 is 5.32 Å². The second-order valence-corrected chi connectivity index (χ2v) is 11.1. The minimum atomic E-state index is -1.05. The van der Waals surface area contributed by atoms with Crippen LogP contribution in [0.3, 0.4) is 0 Å². The Labute approximate surface area is 252 Å². The minimum absolute atomic E-state index is 0.00297. The molecule has 1 aliphatic heterocycles. The van der Waals surface area contributed by atoms with Crippen molar-refractivity contribution in [1.29, 1.82) is 0 Å². The van der Waals surface area contributed by atoms with E-state index in [9.17, 15) is 24.3 Å². The third-order valence-electron chi connectivity index (χ3n) is 6.33. The average Bonchev–Trinajstić information content (AvgIpc) is 2.97. The molecule has 2 heterocycles. The van der Waals surface area contributed by atoms with E-state index in [4.69, 9.17) is 9.47 Å². The van der Waals surface area contributed by atoms with E-state index in [0.29, 0.717) is 17.1 Å². The molecule has 3 amide bonds. The molecule has 1 saturated heterocycles. The van der Waals surface area contributed by atoms with Gasteiger partial charge in [0.05, 0.1) is 18.4 Å². The van der Waals surface area contributed by atoms with E-state index in [1.54, 1.807) is 45.6 Å². The van der Waals surface area contributed by atoms with Gasteiger partial charge in [0, 0.05) is 38.2 Å². The van der Waals surface area contributed by atoms with Gasteiger partial charge in [-0.25, -0.2) is 14.8 Å². The fourth-order valence-corrected chi connectivity index (χ4v) is 4.31. The fraction of sp³-hybridized carbons (Fsp3) is 0.484. The summed E-state index contributed by atoms with van der Waals surface area (Å²) in [7, 11) is 0. The first-order chi connectivity index (χ1) is 20.4. The third-order valence-corrected chi connectivity index (χ3v) is 6.33. The summed E-state index contributed by atoms with van der Waals surface area (Å²) in [4.78, 5) is 63.9. The van der Waals surface area contributed by atoms with Gasteiger partial charge in [-0.3, -0.25) is 14.4 Å². The summed E-state index contributed by atoms with van der Waals surface area (Å²) >= 11 is 0. The molecule has 43 heavy (non-hydrogen) atoms.